The Morgan fingerprint density at radius 3 is 2.43 bits per heavy atom. The molecule has 0 aliphatic carbocycles. The van der Waals surface area contributed by atoms with Gasteiger partial charge in [-0.1, -0.05) is 18.2 Å². The maximum absolute atomic E-state index is 12.2. The van der Waals surface area contributed by atoms with Crippen LogP contribution in [0.3, 0.4) is 0 Å². The van der Waals surface area contributed by atoms with E-state index < -0.39 is 15.1 Å². The van der Waals surface area contributed by atoms with Crippen LogP contribution in [0.25, 0.3) is 0 Å². The SMILES string of the molecule is Cc1ccccc1OCCCC(=O)N(C)[C@@H](C)[C@H](C)S(C)(=O)=O. The number of benzene rings is 1. The van der Waals surface area contributed by atoms with Gasteiger partial charge in [-0.3, -0.25) is 4.79 Å². The second kappa shape index (κ2) is 8.34. The standard InChI is InChI=1S/C17H27NO4S/c1-13-9-6-7-10-16(13)22-12-8-11-17(19)18(4)14(2)15(3)23(5,20)21/h6-7,9-10,14-15H,8,11-12H2,1-5H3/t14-,15-/m0/s1. The van der Waals surface area contributed by atoms with E-state index in [0.29, 0.717) is 19.4 Å². The Kier molecular flexibility index (Phi) is 7.06. The molecule has 1 aromatic carbocycles. The van der Waals surface area contributed by atoms with Crippen molar-refractivity contribution in [1.29, 1.82) is 0 Å². The molecule has 0 aliphatic heterocycles. The first-order valence-corrected chi connectivity index (χ1v) is 9.73. The minimum absolute atomic E-state index is 0.0682. The molecule has 0 heterocycles. The van der Waals surface area contributed by atoms with Crippen LogP contribution in [-0.2, 0) is 14.6 Å². The zero-order valence-electron chi connectivity index (χ0n) is 14.6. The summed E-state index contributed by atoms with van der Waals surface area (Å²) in [6.07, 6.45) is 2.13. The molecule has 1 amide bonds. The van der Waals surface area contributed by atoms with Crippen LogP contribution >= 0.6 is 0 Å². The second-order valence-electron chi connectivity index (χ2n) is 6.00. The van der Waals surface area contributed by atoms with Gasteiger partial charge < -0.3 is 9.64 Å². The third kappa shape index (κ3) is 5.86. The Bertz CT molecular complexity index is 627. The van der Waals surface area contributed by atoms with Crippen LogP contribution in [0, 0.1) is 6.92 Å². The Balaban J connectivity index is 2.43. The van der Waals surface area contributed by atoms with Gasteiger partial charge in [0.05, 0.1) is 11.9 Å². The fraction of sp³-hybridized carbons (Fsp3) is 0.588. The first-order valence-electron chi connectivity index (χ1n) is 7.77. The quantitative estimate of drug-likeness (QED) is 0.681. The number of para-hydroxylation sites is 1. The molecule has 6 heteroatoms. The molecule has 23 heavy (non-hydrogen) atoms. The lowest BCUT2D eigenvalue weighted by Gasteiger charge is -2.29. The van der Waals surface area contributed by atoms with Crippen LogP contribution in [-0.4, -0.2) is 50.4 Å². The van der Waals surface area contributed by atoms with Gasteiger partial charge in [0.15, 0.2) is 9.84 Å². The van der Waals surface area contributed by atoms with Crippen LogP contribution in [0.5, 0.6) is 5.75 Å². The summed E-state index contributed by atoms with van der Waals surface area (Å²) in [5, 5.41) is -0.584. The highest BCUT2D eigenvalue weighted by atomic mass is 32.2. The maximum Gasteiger partial charge on any atom is 0.222 e. The fourth-order valence-corrected chi connectivity index (χ4v) is 3.10. The summed E-state index contributed by atoms with van der Waals surface area (Å²) < 4.78 is 28.8. The first kappa shape index (κ1) is 19.5. The predicted octanol–water partition coefficient (Wildman–Crippen LogP) is 2.43. The number of amides is 1. The number of nitrogens with zero attached hydrogens (tertiary/aromatic N) is 1. The third-order valence-electron chi connectivity index (χ3n) is 4.25. The van der Waals surface area contributed by atoms with Gasteiger partial charge in [0.1, 0.15) is 5.75 Å². The van der Waals surface area contributed by atoms with E-state index in [1.807, 2.05) is 31.2 Å². The molecule has 0 spiro atoms. The Hall–Kier alpha value is -1.56. The largest absolute Gasteiger partial charge is 0.493 e. The van der Waals surface area contributed by atoms with Crippen LogP contribution in [0.2, 0.25) is 0 Å². The zero-order valence-corrected chi connectivity index (χ0v) is 15.4. The summed E-state index contributed by atoms with van der Waals surface area (Å²) in [5.41, 5.74) is 1.06. The van der Waals surface area contributed by atoms with Crippen molar-refractivity contribution in [3.63, 3.8) is 0 Å². The molecule has 0 saturated carbocycles. The third-order valence-corrected chi connectivity index (χ3v) is 5.99. The smallest absolute Gasteiger partial charge is 0.222 e. The summed E-state index contributed by atoms with van der Waals surface area (Å²) in [6, 6.07) is 7.39. The second-order valence-corrected chi connectivity index (χ2v) is 8.40. The lowest BCUT2D eigenvalue weighted by atomic mass is 10.2. The van der Waals surface area contributed by atoms with Crippen molar-refractivity contribution in [2.24, 2.45) is 0 Å². The monoisotopic (exact) mass is 341 g/mol. The minimum atomic E-state index is -3.17. The number of carbonyl (C=O) groups excluding carboxylic acids is 1. The molecule has 1 aromatic rings. The molecule has 0 radical (unpaired) electrons. The van der Waals surface area contributed by atoms with Gasteiger partial charge in [0.2, 0.25) is 5.91 Å². The van der Waals surface area contributed by atoms with Gasteiger partial charge in [-0.05, 0) is 38.8 Å². The molecule has 130 valence electrons. The number of carbonyl (C=O) groups is 1. The van der Waals surface area contributed by atoms with Gasteiger partial charge >= 0.3 is 0 Å². The number of hydrogen-bond donors (Lipinski definition) is 0. The molecule has 0 fully saturated rings. The van der Waals surface area contributed by atoms with E-state index in [1.165, 1.54) is 11.2 Å². The van der Waals surface area contributed by atoms with Crippen LogP contribution in [0.15, 0.2) is 24.3 Å². The van der Waals surface area contributed by atoms with Gasteiger partial charge in [-0.15, -0.1) is 0 Å². The molecule has 2 atom stereocenters. The highest BCUT2D eigenvalue weighted by Crippen LogP contribution is 2.17. The summed E-state index contributed by atoms with van der Waals surface area (Å²) in [5.74, 6) is 0.758. The first-order chi connectivity index (χ1) is 10.6. The molecule has 5 nitrogen and oxygen atoms in total. The van der Waals surface area contributed by atoms with Crippen molar-refractivity contribution in [3.8, 4) is 5.75 Å². The van der Waals surface area contributed by atoms with E-state index in [2.05, 4.69) is 0 Å². The van der Waals surface area contributed by atoms with Crippen LogP contribution in [0.4, 0.5) is 0 Å². The summed E-state index contributed by atoms with van der Waals surface area (Å²) in [7, 11) is -1.52. The molecule has 0 bridgehead atoms. The van der Waals surface area contributed by atoms with E-state index in [0.717, 1.165) is 11.3 Å². The van der Waals surface area contributed by atoms with E-state index in [9.17, 15) is 13.2 Å². The van der Waals surface area contributed by atoms with Crippen molar-refractivity contribution in [1.82, 2.24) is 4.90 Å². The molecule has 0 N–H and O–H groups in total. The van der Waals surface area contributed by atoms with Gasteiger partial charge in [0.25, 0.3) is 0 Å². The number of hydrogen-bond acceptors (Lipinski definition) is 4. The van der Waals surface area contributed by atoms with E-state index >= 15 is 0 Å². The minimum Gasteiger partial charge on any atom is -0.493 e. The number of rotatable bonds is 8. The number of sulfone groups is 1. The van der Waals surface area contributed by atoms with Crippen molar-refractivity contribution in [2.75, 3.05) is 19.9 Å². The van der Waals surface area contributed by atoms with E-state index in [4.69, 9.17) is 4.74 Å². The maximum atomic E-state index is 12.2. The Morgan fingerprint density at radius 2 is 1.87 bits per heavy atom. The average Bonchev–Trinajstić information content (AvgIpc) is 2.49. The van der Waals surface area contributed by atoms with E-state index in [-0.39, 0.29) is 11.9 Å². The summed E-state index contributed by atoms with van der Waals surface area (Å²) >= 11 is 0. The van der Waals surface area contributed by atoms with Gasteiger partial charge in [-0.2, -0.15) is 0 Å². The van der Waals surface area contributed by atoms with Crippen molar-refractivity contribution in [2.45, 2.75) is 44.9 Å². The fourth-order valence-electron chi connectivity index (χ4n) is 2.20. The normalized spacial score (nSPS) is 14.1. The zero-order chi connectivity index (χ0) is 17.6. The van der Waals surface area contributed by atoms with E-state index in [1.54, 1.807) is 20.9 Å². The summed E-state index contributed by atoms with van der Waals surface area (Å²) in [4.78, 5) is 13.7. The molecule has 0 aromatic heterocycles. The number of aryl methyl sites for hydroxylation is 1. The van der Waals surface area contributed by atoms with Crippen molar-refractivity contribution >= 4 is 15.7 Å². The highest BCUT2D eigenvalue weighted by molar-refractivity contribution is 7.91. The molecule has 0 aliphatic rings. The molecular formula is C17H27NO4S. The van der Waals surface area contributed by atoms with Crippen molar-refractivity contribution < 1.29 is 17.9 Å². The molecule has 1 rings (SSSR count). The predicted molar refractivity (Wildman–Crippen MR) is 92.4 cm³/mol. The Morgan fingerprint density at radius 1 is 1.26 bits per heavy atom. The lowest BCUT2D eigenvalue weighted by Crippen LogP contribution is -2.44. The lowest BCUT2D eigenvalue weighted by molar-refractivity contribution is -0.131. The Labute approximate surface area is 139 Å². The number of ether oxygens (including phenoxy) is 1. The molecule has 0 saturated heterocycles. The van der Waals surface area contributed by atoms with Gasteiger partial charge in [-0.25, -0.2) is 8.42 Å². The van der Waals surface area contributed by atoms with Crippen molar-refractivity contribution in [3.05, 3.63) is 29.8 Å². The molecule has 0 unspecified atom stereocenters. The summed E-state index contributed by atoms with van der Waals surface area (Å²) in [6.45, 7) is 5.82. The van der Waals surface area contributed by atoms with Crippen LogP contribution in [0.1, 0.15) is 32.3 Å². The van der Waals surface area contributed by atoms with Crippen LogP contribution < -0.4 is 4.74 Å². The highest BCUT2D eigenvalue weighted by Gasteiger charge is 2.27. The molecular weight excluding hydrogens is 314 g/mol. The average molecular weight is 341 g/mol. The van der Waals surface area contributed by atoms with Gasteiger partial charge in [0, 0.05) is 25.8 Å². The topological polar surface area (TPSA) is 63.7 Å².